The number of amides is 2. The average molecular weight is 297 g/mol. The second-order valence-electron chi connectivity index (χ2n) is 4.84. The van der Waals surface area contributed by atoms with Crippen molar-refractivity contribution in [3.8, 4) is 0 Å². The lowest BCUT2D eigenvalue weighted by molar-refractivity contribution is 0.0691. The number of carboxylic acid groups (broad SMARTS) is 1. The van der Waals surface area contributed by atoms with Crippen LogP contribution in [0.1, 0.15) is 48.1 Å². The highest BCUT2D eigenvalue weighted by molar-refractivity contribution is 7.09. The number of likely N-dealkylation sites (tertiary alicyclic amines) is 1. The molecule has 2 rings (SSSR count). The van der Waals surface area contributed by atoms with Crippen molar-refractivity contribution in [2.24, 2.45) is 0 Å². The fourth-order valence-electron chi connectivity index (χ4n) is 2.44. The Kier molecular flexibility index (Phi) is 4.94. The molecule has 0 aromatic carbocycles. The van der Waals surface area contributed by atoms with Crippen molar-refractivity contribution in [1.29, 1.82) is 0 Å². The average Bonchev–Trinajstić information content (AvgIpc) is 2.94. The number of carbonyl (C=O) groups excluding carboxylic acids is 1. The third-order valence-electron chi connectivity index (χ3n) is 3.52. The summed E-state index contributed by atoms with van der Waals surface area (Å²) in [6.45, 7) is 3.17. The maximum Gasteiger partial charge on any atom is 0.355 e. The molecule has 1 unspecified atom stereocenters. The molecular weight excluding hydrogens is 278 g/mol. The van der Waals surface area contributed by atoms with E-state index in [4.69, 9.17) is 5.11 Å². The molecule has 0 radical (unpaired) electrons. The summed E-state index contributed by atoms with van der Waals surface area (Å²) in [7, 11) is 0. The van der Waals surface area contributed by atoms with Crippen molar-refractivity contribution in [3.63, 3.8) is 0 Å². The second kappa shape index (κ2) is 6.69. The van der Waals surface area contributed by atoms with Gasteiger partial charge in [0, 0.05) is 18.0 Å². The Labute approximate surface area is 121 Å². The summed E-state index contributed by atoms with van der Waals surface area (Å²) >= 11 is 1.25. The summed E-state index contributed by atoms with van der Waals surface area (Å²) in [6, 6.07) is 0.234. The van der Waals surface area contributed by atoms with Gasteiger partial charge in [-0.3, -0.25) is 0 Å². The molecule has 20 heavy (non-hydrogen) atoms. The monoisotopic (exact) mass is 297 g/mol. The van der Waals surface area contributed by atoms with Crippen LogP contribution < -0.4 is 5.32 Å². The minimum atomic E-state index is -1.04. The van der Waals surface area contributed by atoms with Gasteiger partial charge in [-0.25, -0.2) is 14.6 Å². The maximum atomic E-state index is 12.2. The van der Waals surface area contributed by atoms with E-state index in [1.807, 2.05) is 4.90 Å². The van der Waals surface area contributed by atoms with E-state index in [1.54, 1.807) is 0 Å². The van der Waals surface area contributed by atoms with Gasteiger partial charge in [0.15, 0.2) is 5.69 Å². The predicted molar refractivity (Wildman–Crippen MR) is 75.9 cm³/mol. The van der Waals surface area contributed by atoms with Gasteiger partial charge < -0.3 is 15.3 Å². The lowest BCUT2D eigenvalue weighted by Gasteiger charge is -2.35. The van der Waals surface area contributed by atoms with Gasteiger partial charge in [0.1, 0.15) is 5.01 Å². The quantitative estimate of drug-likeness (QED) is 0.893. The summed E-state index contributed by atoms with van der Waals surface area (Å²) < 4.78 is 0. The molecule has 0 saturated carbocycles. The summed E-state index contributed by atoms with van der Waals surface area (Å²) in [4.78, 5) is 28.7. The zero-order valence-electron chi connectivity index (χ0n) is 11.5. The zero-order valence-corrected chi connectivity index (χ0v) is 12.3. The molecule has 110 valence electrons. The summed E-state index contributed by atoms with van der Waals surface area (Å²) in [5.41, 5.74) is 0.0312. The molecule has 2 heterocycles. The molecule has 1 aliphatic rings. The van der Waals surface area contributed by atoms with Crippen molar-refractivity contribution in [2.45, 2.75) is 45.2 Å². The number of nitrogens with zero attached hydrogens (tertiary/aromatic N) is 2. The first-order chi connectivity index (χ1) is 9.61. The van der Waals surface area contributed by atoms with Crippen LogP contribution in [0.5, 0.6) is 0 Å². The molecule has 0 aliphatic carbocycles. The molecule has 0 spiro atoms. The summed E-state index contributed by atoms with van der Waals surface area (Å²) in [5.74, 6) is -1.04. The van der Waals surface area contributed by atoms with Crippen LogP contribution in [0.3, 0.4) is 0 Å². The number of nitrogens with one attached hydrogen (secondary N) is 1. The fraction of sp³-hybridized carbons (Fsp3) is 0.615. The molecule has 2 N–H and O–H groups in total. The van der Waals surface area contributed by atoms with Crippen molar-refractivity contribution in [1.82, 2.24) is 15.2 Å². The van der Waals surface area contributed by atoms with E-state index in [0.717, 1.165) is 25.8 Å². The summed E-state index contributed by atoms with van der Waals surface area (Å²) in [6.07, 6.45) is 4.25. The van der Waals surface area contributed by atoms with E-state index < -0.39 is 5.97 Å². The first-order valence-electron chi connectivity index (χ1n) is 6.84. The number of piperidine rings is 1. The number of carbonyl (C=O) groups is 2. The van der Waals surface area contributed by atoms with E-state index in [2.05, 4.69) is 17.2 Å². The van der Waals surface area contributed by atoms with Crippen molar-refractivity contribution < 1.29 is 14.7 Å². The Hall–Kier alpha value is -1.63. The van der Waals surface area contributed by atoms with E-state index in [1.165, 1.54) is 23.1 Å². The topological polar surface area (TPSA) is 82.5 Å². The number of rotatable bonds is 4. The van der Waals surface area contributed by atoms with Gasteiger partial charge in [-0.1, -0.05) is 6.92 Å². The Balaban J connectivity index is 1.88. The highest BCUT2D eigenvalue weighted by atomic mass is 32.1. The Morgan fingerprint density at radius 1 is 1.55 bits per heavy atom. The van der Waals surface area contributed by atoms with Crippen LogP contribution in [0.15, 0.2) is 5.38 Å². The van der Waals surface area contributed by atoms with Gasteiger partial charge in [0.25, 0.3) is 0 Å². The molecule has 0 bridgehead atoms. The standard InChI is InChI=1S/C13H19N3O3S/c1-2-9-5-3-4-6-16(9)13(19)14-7-11-15-10(8-20-11)12(17)18/h8-9H,2-7H2,1H3,(H,14,19)(H,17,18). The first kappa shape index (κ1) is 14.8. The van der Waals surface area contributed by atoms with Crippen molar-refractivity contribution in [3.05, 3.63) is 16.1 Å². The number of aromatic nitrogens is 1. The van der Waals surface area contributed by atoms with Gasteiger partial charge in [0.2, 0.25) is 0 Å². The van der Waals surface area contributed by atoms with Gasteiger partial charge in [-0.15, -0.1) is 11.3 Å². The maximum absolute atomic E-state index is 12.2. The van der Waals surface area contributed by atoms with Crippen LogP contribution in [0.4, 0.5) is 4.79 Å². The molecule has 6 nitrogen and oxygen atoms in total. The SMILES string of the molecule is CCC1CCCCN1C(=O)NCc1nc(C(=O)O)cs1. The van der Waals surface area contributed by atoms with Gasteiger partial charge >= 0.3 is 12.0 Å². The Bertz CT molecular complexity index is 489. The number of hydrogen-bond acceptors (Lipinski definition) is 4. The van der Waals surface area contributed by atoms with Crippen LogP contribution >= 0.6 is 11.3 Å². The largest absolute Gasteiger partial charge is 0.476 e. The van der Waals surface area contributed by atoms with Crippen molar-refractivity contribution in [2.75, 3.05) is 6.54 Å². The molecule has 1 aromatic heterocycles. The molecule has 1 saturated heterocycles. The molecule has 7 heteroatoms. The van der Waals surface area contributed by atoms with Crippen LogP contribution in [0, 0.1) is 0 Å². The molecule has 1 aliphatic heterocycles. The molecule has 1 fully saturated rings. The predicted octanol–water partition coefficient (Wildman–Crippen LogP) is 2.32. The van der Waals surface area contributed by atoms with Gasteiger partial charge in [-0.2, -0.15) is 0 Å². The van der Waals surface area contributed by atoms with E-state index >= 15 is 0 Å². The molecule has 1 atom stereocenters. The minimum Gasteiger partial charge on any atom is -0.476 e. The normalized spacial score (nSPS) is 18.9. The number of thiazole rings is 1. The highest BCUT2D eigenvalue weighted by Gasteiger charge is 2.25. The first-order valence-corrected chi connectivity index (χ1v) is 7.72. The summed E-state index contributed by atoms with van der Waals surface area (Å²) in [5, 5.41) is 13.7. The Morgan fingerprint density at radius 2 is 2.35 bits per heavy atom. The number of urea groups is 1. The highest BCUT2D eigenvalue weighted by Crippen LogP contribution is 2.19. The van der Waals surface area contributed by atoms with Crippen LogP contribution in [-0.4, -0.2) is 39.6 Å². The third kappa shape index (κ3) is 3.47. The van der Waals surface area contributed by atoms with Crippen molar-refractivity contribution >= 4 is 23.3 Å². The molecule has 1 aromatic rings. The van der Waals surface area contributed by atoms with Crippen LogP contribution in [0.25, 0.3) is 0 Å². The number of aromatic carboxylic acids is 1. The third-order valence-corrected chi connectivity index (χ3v) is 4.37. The van der Waals surface area contributed by atoms with E-state index in [-0.39, 0.29) is 18.3 Å². The van der Waals surface area contributed by atoms with Crippen LogP contribution in [-0.2, 0) is 6.54 Å². The number of hydrogen-bond donors (Lipinski definition) is 2. The van der Waals surface area contributed by atoms with E-state index in [0.29, 0.717) is 11.0 Å². The van der Waals surface area contributed by atoms with Crippen LogP contribution in [0.2, 0.25) is 0 Å². The number of carboxylic acids is 1. The lowest BCUT2D eigenvalue weighted by Crippen LogP contribution is -2.48. The van der Waals surface area contributed by atoms with Gasteiger partial charge in [-0.05, 0) is 25.7 Å². The fourth-order valence-corrected chi connectivity index (χ4v) is 3.14. The second-order valence-corrected chi connectivity index (χ2v) is 5.78. The lowest BCUT2D eigenvalue weighted by atomic mass is 10.0. The molecule has 2 amide bonds. The zero-order chi connectivity index (χ0) is 14.5. The Morgan fingerprint density at radius 3 is 3.00 bits per heavy atom. The minimum absolute atomic E-state index is 0.0312. The van der Waals surface area contributed by atoms with Gasteiger partial charge in [0.05, 0.1) is 6.54 Å². The molecular formula is C13H19N3O3S. The smallest absolute Gasteiger partial charge is 0.355 e. The van der Waals surface area contributed by atoms with E-state index in [9.17, 15) is 9.59 Å².